The molecule has 0 aromatic heterocycles. The molecule has 4 heteroatoms. The monoisotopic (exact) mass is 283 g/mol. The van der Waals surface area contributed by atoms with E-state index in [0.29, 0.717) is 24.1 Å². The molecule has 0 fully saturated rings. The number of aldehydes is 1. The van der Waals surface area contributed by atoms with Gasteiger partial charge in [-0.1, -0.05) is 18.2 Å². The van der Waals surface area contributed by atoms with E-state index in [1.54, 1.807) is 29.2 Å². The van der Waals surface area contributed by atoms with Gasteiger partial charge in [0.05, 0.1) is 0 Å². The van der Waals surface area contributed by atoms with E-state index in [0.717, 1.165) is 5.69 Å². The van der Waals surface area contributed by atoms with Crippen LogP contribution in [0, 0.1) is 0 Å². The summed E-state index contributed by atoms with van der Waals surface area (Å²) in [5, 5.41) is 0. The molecule has 0 spiro atoms. The number of hydrogen-bond donors (Lipinski definition) is 0. The van der Waals surface area contributed by atoms with Crippen molar-refractivity contribution in [2.45, 2.75) is 6.92 Å². The molecule has 0 unspecified atom stereocenters. The highest BCUT2D eigenvalue weighted by Crippen LogP contribution is 2.18. The highest BCUT2D eigenvalue weighted by atomic mass is 16.5. The molecule has 1 amide bonds. The molecule has 2 rings (SSSR count). The Labute approximate surface area is 124 Å². The minimum Gasteiger partial charge on any atom is -0.486 e. The van der Waals surface area contributed by atoms with E-state index < -0.39 is 0 Å². The predicted molar refractivity (Wildman–Crippen MR) is 81.8 cm³/mol. The van der Waals surface area contributed by atoms with E-state index in [9.17, 15) is 9.59 Å². The summed E-state index contributed by atoms with van der Waals surface area (Å²) < 4.78 is 5.17. The van der Waals surface area contributed by atoms with Crippen molar-refractivity contribution in [3.8, 4) is 5.75 Å². The molecule has 108 valence electrons. The lowest BCUT2D eigenvalue weighted by Crippen LogP contribution is -2.30. The topological polar surface area (TPSA) is 46.6 Å². The molecular formula is C17H17NO3. The van der Waals surface area contributed by atoms with Gasteiger partial charge in [0.2, 0.25) is 0 Å². The lowest BCUT2D eigenvalue weighted by molar-refractivity contribution is -0.109. The summed E-state index contributed by atoms with van der Waals surface area (Å²) in [5.41, 5.74) is 1.45. The minimum absolute atomic E-state index is 0.0123. The second-order valence-corrected chi connectivity index (χ2v) is 4.39. The van der Waals surface area contributed by atoms with Crippen molar-refractivity contribution < 1.29 is 14.3 Å². The van der Waals surface area contributed by atoms with Crippen LogP contribution in [0.2, 0.25) is 0 Å². The molecule has 0 atom stereocenters. The van der Waals surface area contributed by atoms with Crippen LogP contribution in [0.4, 0.5) is 5.69 Å². The van der Waals surface area contributed by atoms with Crippen LogP contribution in [0.1, 0.15) is 17.3 Å². The Bertz CT molecular complexity index is 593. The number of benzene rings is 2. The molecule has 2 aromatic rings. The van der Waals surface area contributed by atoms with Gasteiger partial charge in [-0.15, -0.1) is 0 Å². The molecule has 0 aliphatic heterocycles. The Hall–Kier alpha value is -2.62. The molecule has 0 N–H and O–H groups in total. The van der Waals surface area contributed by atoms with Crippen molar-refractivity contribution in [3.63, 3.8) is 0 Å². The number of carbonyl (C=O) groups is 2. The van der Waals surface area contributed by atoms with Gasteiger partial charge in [0.15, 0.2) is 6.29 Å². The fourth-order valence-corrected chi connectivity index (χ4v) is 2.03. The third kappa shape index (κ3) is 3.69. The number of amides is 1. The number of rotatable bonds is 6. The lowest BCUT2D eigenvalue weighted by atomic mass is 10.1. The fourth-order valence-electron chi connectivity index (χ4n) is 2.03. The molecule has 2 aromatic carbocycles. The van der Waals surface area contributed by atoms with Crippen LogP contribution in [0.3, 0.4) is 0 Å². The van der Waals surface area contributed by atoms with Crippen LogP contribution in [0.5, 0.6) is 5.75 Å². The van der Waals surface area contributed by atoms with E-state index in [1.165, 1.54) is 0 Å². The summed E-state index contributed by atoms with van der Waals surface area (Å²) in [6, 6.07) is 16.3. The van der Waals surface area contributed by atoms with Gasteiger partial charge < -0.3 is 9.64 Å². The first-order valence-electron chi connectivity index (χ1n) is 6.79. The maximum Gasteiger partial charge on any atom is 0.258 e. The Morgan fingerprint density at radius 1 is 1.10 bits per heavy atom. The second-order valence-electron chi connectivity index (χ2n) is 4.39. The molecule has 0 radical (unpaired) electrons. The summed E-state index contributed by atoms with van der Waals surface area (Å²) in [6.07, 6.45) is 0.688. The van der Waals surface area contributed by atoms with Gasteiger partial charge in [-0.05, 0) is 43.3 Å². The van der Waals surface area contributed by atoms with Crippen molar-refractivity contribution in [2.75, 3.05) is 18.1 Å². The summed E-state index contributed by atoms with van der Waals surface area (Å²) >= 11 is 0. The Morgan fingerprint density at radius 3 is 2.33 bits per heavy atom. The zero-order chi connectivity index (χ0) is 15.1. The number of nitrogens with zero attached hydrogens (tertiary/aromatic N) is 1. The van der Waals surface area contributed by atoms with Crippen LogP contribution < -0.4 is 9.64 Å². The highest BCUT2D eigenvalue weighted by molar-refractivity contribution is 6.06. The fraction of sp³-hybridized carbons (Fsp3) is 0.176. The third-order valence-corrected chi connectivity index (χ3v) is 3.05. The van der Waals surface area contributed by atoms with Gasteiger partial charge in [-0.2, -0.15) is 0 Å². The second kappa shape index (κ2) is 7.24. The molecule has 0 saturated carbocycles. The standard InChI is InChI=1S/C17H17NO3/c1-2-18(15-6-4-3-5-7-15)17(20)14-8-10-16(11-9-14)21-13-12-19/h3-12H,2,13H2,1H3. The van der Waals surface area contributed by atoms with Gasteiger partial charge in [0, 0.05) is 17.8 Å². The van der Waals surface area contributed by atoms with Crippen molar-refractivity contribution >= 4 is 17.9 Å². The largest absolute Gasteiger partial charge is 0.486 e. The van der Waals surface area contributed by atoms with Crippen LogP contribution in [0.25, 0.3) is 0 Å². The van der Waals surface area contributed by atoms with E-state index in [-0.39, 0.29) is 12.5 Å². The number of ether oxygens (including phenoxy) is 1. The van der Waals surface area contributed by atoms with Crippen molar-refractivity contribution in [2.24, 2.45) is 0 Å². The van der Waals surface area contributed by atoms with Crippen molar-refractivity contribution in [1.82, 2.24) is 0 Å². The Kier molecular flexibility index (Phi) is 5.10. The first kappa shape index (κ1) is 14.8. The molecule has 0 aliphatic rings. The average molecular weight is 283 g/mol. The molecule has 0 heterocycles. The highest BCUT2D eigenvalue weighted by Gasteiger charge is 2.15. The smallest absolute Gasteiger partial charge is 0.258 e. The van der Waals surface area contributed by atoms with Crippen LogP contribution in [-0.4, -0.2) is 25.3 Å². The molecule has 0 aliphatic carbocycles. The quantitative estimate of drug-likeness (QED) is 0.766. The van der Waals surface area contributed by atoms with Crippen molar-refractivity contribution in [1.29, 1.82) is 0 Å². The van der Waals surface area contributed by atoms with Crippen LogP contribution in [0.15, 0.2) is 54.6 Å². The number of carbonyl (C=O) groups excluding carboxylic acids is 2. The van der Waals surface area contributed by atoms with Gasteiger partial charge in [-0.25, -0.2) is 0 Å². The van der Waals surface area contributed by atoms with Gasteiger partial charge in [0.25, 0.3) is 5.91 Å². The number of para-hydroxylation sites is 1. The maximum absolute atomic E-state index is 12.5. The lowest BCUT2D eigenvalue weighted by Gasteiger charge is -2.21. The van der Waals surface area contributed by atoms with E-state index >= 15 is 0 Å². The van der Waals surface area contributed by atoms with Gasteiger partial charge in [-0.3, -0.25) is 9.59 Å². The molecule has 0 saturated heterocycles. The number of hydrogen-bond acceptors (Lipinski definition) is 3. The van der Waals surface area contributed by atoms with Crippen molar-refractivity contribution in [3.05, 3.63) is 60.2 Å². The summed E-state index contributed by atoms with van der Waals surface area (Å²) in [5.74, 6) is 0.507. The molecular weight excluding hydrogens is 266 g/mol. The van der Waals surface area contributed by atoms with E-state index in [2.05, 4.69) is 0 Å². The maximum atomic E-state index is 12.5. The van der Waals surface area contributed by atoms with E-state index in [1.807, 2.05) is 37.3 Å². The van der Waals surface area contributed by atoms with E-state index in [4.69, 9.17) is 4.74 Å². The predicted octanol–water partition coefficient (Wildman–Crippen LogP) is 2.93. The zero-order valence-corrected chi connectivity index (χ0v) is 11.9. The molecule has 4 nitrogen and oxygen atoms in total. The average Bonchev–Trinajstić information content (AvgIpc) is 2.55. The molecule has 0 bridgehead atoms. The summed E-state index contributed by atoms with van der Waals surface area (Å²) in [6.45, 7) is 2.54. The first-order chi connectivity index (χ1) is 10.3. The van der Waals surface area contributed by atoms with Crippen LogP contribution >= 0.6 is 0 Å². The Balaban J connectivity index is 2.16. The van der Waals surface area contributed by atoms with Crippen LogP contribution in [-0.2, 0) is 4.79 Å². The third-order valence-electron chi connectivity index (χ3n) is 3.05. The first-order valence-corrected chi connectivity index (χ1v) is 6.79. The summed E-state index contributed by atoms with van der Waals surface area (Å²) in [4.78, 5) is 24.5. The minimum atomic E-state index is -0.0642. The van der Waals surface area contributed by atoms with Gasteiger partial charge in [0.1, 0.15) is 12.4 Å². The zero-order valence-electron chi connectivity index (χ0n) is 11.9. The molecule has 21 heavy (non-hydrogen) atoms. The Morgan fingerprint density at radius 2 is 1.76 bits per heavy atom. The normalized spacial score (nSPS) is 9.95. The number of anilines is 1. The SMILES string of the molecule is CCN(C(=O)c1ccc(OCC=O)cc1)c1ccccc1. The van der Waals surface area contributed by atoms with Gasteiger partial charge >= 0.3 is 0 Å². The summed E-state index contributed by atoms with van der Waals surface area (Å²) in [7, 11) is 0.